The Hall–Kier alpha value is -4.50. The van der Waals surface area contributed by atoms with E-state index in [1.807, 2.05) is 30.3 Å². The zero-order chi connectivity index (χ0) is 30.0. The van der Waals surface area contributed by atoms with Crippen molar-refractivity contribution in [2.75, 3.05) is 13.2 Å². The highest BCUT2D eigenvalue weighted by Gasteiger charge is 2.33. The lowest BCUT2D eigenvalue weighted by Gasteiger charge is -2.25. The fourth-order valence-corrected chi connectivity index (χ4v) is 5.93. The zero-order valence-corrected chi connectivity index (χ0v) is 25.0. The minimum Gasteiger partial charge on any atom is -0.463 e. The molecule has 0 fully saturated rings. The Labute approximate surface area is 247 Å². The summed E-state index contributed by atoms with van der Waals surface area (Å²) in [6, 6.07) is 17.8. The largest absolute Gasteiger partial charge is 0.463 e. The summed E-state index contributed by atoms with van der Waals surface area (Å²) in [5, 5.41) is 0. The molecule has 1 aliphatic rings. The van der Waals surface area contributed by atoms with Crippen molar-refractivity contribution in [3.63, 3.8) is 0 Å². The van der Waals surface area contributed by atoms with Crippen LogP contribution in [0.2, 0.25) is 0 Å². The van der Waals surface area contributed by atoms with Crippen LogP contribution < -0.4 is 14.9 Å². The van der Waals surface area contributed by atoms with Gasteiger partial charge in [-0.25, -0.2) is 14.6 Å². The molecular weight excluding hydrogens is 552 g/mol. The molecule has 216 valence electrons. The Morgan fingerprint density at radius 2 is 1.74 bits per heavy atom. The molecular formula is C33H32N2O6S. The predicted molar refractivity (Wildman–Crippen MR) is 161 cm³/mol. The highest BCUT2D eigenvalue weighted by molar-refractivity contribution is 7.07. The molecule has 0 bridgehead atoms. The van der Waals surface area contributed by atoms with E-state index in [9.17, 15) is 14.4 Å². The quantitative estimate of drug-likeness (QED) is 0.259. The first-order valence-corrected chi connectivity index (χ1v) is 14.7. The van der Waals surface area contributed by atoms with Crippen molar-refractivity contribution < 1.29 is 23.5 Å². The van der Waals surface area contributed by atoms with Crippen LogP contribution in [0.25, 0.3) is 17.4 Å². The van der Waals surface area contributed by atoms with Crippen molar-refractivity contribution in [3.05, 3.63) is 114 Å². The van der Waals surface area contributed by atoms with Crippen LogP contribution in [0.4, 0.5) is 0 Å². The van der Waals surface area contributed by atoms with Crippen molar-refractivity contribution in [1.82, 2.24) is 4.57 Å². The molecule has 0 saturated heterocycles. The number of esters is 2. The molecule has 2 aromatic heterocycles. The fraction of sp³-hybridized carbons (Fsp3) is 0.273. The van der Waals surface area contributed by atoms with Gasteiger partial charge in [0, 0.05) is 11.6 Å². The molecule has 3 heterocycles. The number of thiazole rings is 1. The Bertz CT molecular complexity index is 1860. The third-order valence-electron chi connectivity index (χ3n) is 6.99. The SMILES string of the molecule is CCOC(=O)C1=C(C)N=c2s/c(=C\c3ccc(-c4cccc(C(=O)OCC)c4)o3)c(=O)n2[C@H]1c1ccc(C(C)C)cc1. The first-order chi connectivity index (χ1) is 20.2. The number of carbonyl (C=O) groups is 2. The summed E-state index contributed by atoms with van der Waals surface area (Å²) in [7, 11) is 0. The van der Waals surface area contributed by atoms with E-state index in [0.717, 1.165) is 11.1 Å². The number of aromatic nitrogens is 1. The van der Waals surface area contributed by atoms with Gasteiger partial charge in [0.2, 0.25) is 0 Å². The van der Waals surface area contributed by atoms with Gasteiger partial charge in [-0.05, 0) is 62.1 Å². The topological polar surface area (TPSA) is 100 Å². The van der Waals surface area contributed by atoms with Gasteiger partial charge in [0.25, 0.3) is 5.56 Å². The van der Waals surface area contributed by atoms with E-state index in [1.165, 1.54) is 11.3 Å². The number of carbonyl (C=O) groups excluding carboxylic acids is 2. The lowest BCUT2D eigenvalue weighted by molar-refractivity contribution is -0.139. The summed E-state index contributed by atoms with van der Waals surface area (Å²) < 4.78 is 18.5. The molecule has 0 unspecified atom stereocenters. The smallest absolute Gasteiger partial charge is 0.338 e. The monoisotopic (exact) mass is 584 g/mol. The van der Waals surface area contributed by atoms with Crippen molar-refractivity contribution in [3.8, 4) is 11.3 Å². The second kappa shape index (κ2) is 12.2. The van der Waals surface area contributed by atoms with Crippen LogP contribution in [0.15, 0.2) is 86.1 Å². The standard InChI is InChI=1S/C33H32N2O6S/c1-6-39-31(37)24-10-8-9-23(17-24)26-16-15-25(41-26)18-27-30(36)35-29(22-13-11-21(12-14-22)19(3)4)28(32(38)40-7-2)20(5)34-33(35)42-27/h8-19,29H,6-7H2,1-5H3/b27-18-/t29-/m0/s1. The van der Waals surface area contributed by atoms with Crippen molar-refractivity contribution in [2.24, 2.45) is 4.99 Å². The summed E-state index contributed by atoms with van der Waals surface area (Å²) in [5.74, 6) is 0.457. The average Bonchev–Trinajstić information content (AvgIpc) is 3.57. The summed E-state index contributed by atoms with van der Waals surface area (Å²) in [5.41, 5.74) is 3.66. The minimum atomic E-state index is -0.679. The molecule has 4 aromatic rings. The third kappa shape index (κ3) is 5.65. The Morgan fingerprint density at radius 3 is 2.43 bits per heavy atom. The molecule has 2 aromatic carbocycles. The Kier molecular flexibility index (Phi) is 8.40. The van der Waals surface area contributed by atoms with Gasteiger partial charge >= 0.3 is 11.9 Å². The number of hydrogen-bond acceptors (Lipinski definition) is 8. The molecule has 0 amide bonds. The van der Waals surface area contributed by atoms with Crippen molar-refractivity contribution >= 4 is 29.4 Å². The first-order valence-electron chi connectivity index (χ1n) is 13.9. The van der Waals surface area contributed by atoms with Crippen molar-refractivity contribution in [2.45, 2.75) is 46.6 Å². The maximum Gasteiger partial charge on any atom is 0.338 e. The second-order valence-electron chi connectivity index (χ2n) is 10.1. The summed E-state index contributed by atoms with van der Waals surface area (Å²) in [6.07, 6.45) is 1.67. The van der Waals surface area contributed by atoms with Crippen LogP contribution in [-0.2, 0) is 14.3 Å². The number of ether oxygens (including phenoxy) is 2. The van der Waals surface area contributed by atoms with Gasteiger partial charge in [-0.1, -0.05) is 61.6 Å². The molecule has 0 radical (unpaired) electrons. The zero-order valence-electron chi connectivity index (χ0n) is 24.2. The number of nitrogens with zero attached hydrogens (tertiary/aromatic N) is 2. The lowest BCUT2D eigenvalue weighted by Crippen LogP contribution is -2.39. The fourth-order valence-electron chi connectivity index (χ4n) is 4.90. The normalized spacial score (nSPS) is 15.0. The minimum absolute atomic E-state index is 0.211. The maximum atomic E-state index is 13.9. The van der Waals surface area contributed by atoms with E-state index < -0.39 is 18.0 Å². The van der Waals surface area contributed by atoms with E-state index in [0.29, 0.717) is 49.2 Å². The van der Waals surface area contributed by atoms with Gasteiger partial charge in [-0.3, -0.25) is 9.36 Å². The van der Waals surface area contributed by atoms with Crippen LogP contribution in [-0.4, -0.2) is 29.7 Å². The van der Waals surface area contributed by atoms with Crippen LogP contribution in [0.5, 0.6) is 0 Å². The van der Waals surface area contributed by atoms with E-state index in [4.69, 9.17) is 13.9 Å². The molecule has 0 saturated carbocycles. The number of furan rings is 1. The summed E-state index contributed by atoms with van der Waals surface area (Å²) in [6.45, 7) is 10.0. The van der Waals surface area contributed by atoms with Crippen LogP contribution in [0.1, 0.15) is 73.8 Å². The highest BCUT2D eigenvalue weighted by atomic mass is 32.1. The van der Waals surface area contributed by atoms with Gasteiger partial charge in [0.1, 0.15) is 11.5 Å². The number of fused-ring (bicyclic) bond motifs is 1. The summed E-state index contributed by atoms with van der Waals surface area (Å²) in [4.78, 5) is 44.3. The molecule has 1 atom stereocenters. The van der Waals surface area contributed by atoms with Crippen LogP contribution in [0.3, 0.4) is 0 Å². The molecule has 42 heavy (non-hydrogen) atoms. The van der Waals surface area contributed by atoms with Gasteiger partial charge in [-0.15, -0.1) is 0 Å². The van der Waals surface area contributed by atoms with E-state index >= 15 is 0 Å². The average molecular weight is 585 g/mol. The van der Waals surface area contributed by atoms with Gasteiger partial charge in [0.15, 0.2) is 4.80 Å². The molecule has 8 nitrogen and oxygen atoms in total. The highest BCUT2D eigenvalue weighted by Crippen LogP contribution is 2.31. The number of allylic oxidation sites excluding steroid dienone is 1. The third-order valence-corrected chi connectivity index (χ3v) is 7.98. The van der Waals surface area contributed by atoms with Crippen LogP contribution in [0, 0.1) is 0 Å². The molecule has 1 aliphatic heterocycles. The molecule has 5 rings (SSSR count). The predicted octanol–water partition coefficient (Wildman–Crippen LogP) is 5.36. The number of benzene rings is 2. The molecule has 0 aliphatic carbocycles. The van der Waals surface area contributed by atoms with E-state index in [2.05, 4.69) is 18.8 Å². The van der Waals surface area contributed by atoms with E-state index in [-0.39, 0.29) is 18.8 Å². The Morgan fingerprint density at radius 1 is 1.02 bits per heavy atom. The number of hydrogen-bond donors (Lipinski definition) is 0. The summed E-state index contributed by atoms with van der Waals surface area (Å²) >= 11 is 1.23. The van der Waals surface area contributed by atoms with Crippen LogP contribution >= 0.6 is 11.3 Å². The molecule has 9 heteroatoms. The maximum absolute atomic E-state index is 13.9. The van der Waals surface area contributed by atoms with Gasteiger partial charge in [0.05, 0.1) is 40.6 Å². The van der Waals surface area contributed by atoms with Gasteiger partial charge in [-0.2, -0.15) is 0 Å². The first kappa shape index (κ1) is 29.0. The lowest BCUT2D eigenvalue weighted by atomic mass is 9.93. The Balaban J connectivity index is 1.57. The molecule has 0 N–H and O–H groups in total. The second-order valence-corrected chi connectivity index (χ2v) is 11.1. The number of rotatable bonds is 8. The molecule has 0 spiro atoms. The van der Waals surface area contributed by atoms with Gasteiger partial charge < -0.3 is 13.9 Å². The van der Waals surface area contributed by atoms with Crippen molar-refractivity contribution in [1.29, 1.82) is 0 Å². The van der Waals surface area contributed by atoms with E-state index in [1.54, 1.807) is 61.7 Å².